The van der Waals surface area contributed by atoms with Crippen LogP contribution in [0.5, 0.6) is 0 Å². The van der Waals surface area contributed by atoms with E-state index in [4.69, 9.17) is 29.6 Å². The van der Waals surface area contributed by atoms with E-state index >= 15 is 0 Å². The van der Waals surface area contributed by atoms with Gasteiger partial charge in [-0.2, -0.15) is 13.2 Å². The number of nitrogens with one attached hydrogen (secondary N) is 1. The van der Waals surface area contributed by atoms with Gasteiger partial charge in [0.2, 0.25) is 0 Å². The predicted octanol–water partition coefficient (Wildman–Crippen LogP) is 3.39. The molecule has 3 heterocycles. The van der Waals surface area contributed by atoms with Crippen molar-refractivity contribution in [1.82, 2.24) is 9.97 Å². The number of aromatic nitrogens is 2. The van der Waals surface area contributed by atoms with Gasteiger partial charge in [0.15, 0.2) is 10.9 Å². The Labute approximate surface area is 144 Å². The number of nitrogens with zero attached hydrogens (tertiary/aromatic N) is 3. The van der Waals surface area contributed by atoms with Crippen LogP contribution in [-0.4, -0.2) is 38.7 Å². The minimum Gasteiger partial charge on any atom is -0.359 e. The van der Waals surface area contributed by atoms with Crippen LogP contribution < -0.4 is 5.73 Å². The van der Waals surface area contributed by atoms with Crippen LogP contribution >= 0.6 is 23.8 Å². The largest absolute Gasteiger partial charge is 0.434 e. The molecule has 10 heteroatoms. The second kappa shape index (κ2) is 5.91. The molecule has 2 aromatic heterocycles. The third kappa shape index (κ3) is 2.94. The lowest BCUT2D eigenvalue weighted by Gasteiger charge is -2.22. The monoisotopic (exact) mass is 373 g/mol. The molecular weight excluding hydrogens is 363 g/mol. The topological polar surface area (TPSA) is 79.4 Å². The minimum atomic E-state index is -4.69. The lowest BCUT2D eigenvalue weighted by molar-refractivity contribution is -0.0566. The number of H-pyrrole nitrogens is 1. The molecule has 2 unspecified atom stereocenters. The number of hydrogen-bond donors (Lipinski definition) is 2. The minimum absolute atomic E-state index is 0.0816. The first kappa shape index (κ1) is 17.0. The number of alkyl halides is 3. The van der Waals surface area contributed by atoms with Crippen LogP contribution in [0.2, 0.25) is 5.15 Å². The molecule has 0 radical (unpaired) electrons. The number of thiocarbonyl (C=S) groups is 1. The van der Waals surface area contributed by atoms with Crippen LogP contribution in [-0.2, 0) is 0 Å². The number of halogens is 4. The van der Waals surface area contributed by atoms with Gasteiger partial charge in [0.05, 0.1) is 22.0 Å². The van der Waals surface area contributed by atoms with Crippen molar-refractivity contribution in [2.24, 2.45) is 15.7 Å². The molecule has 0 bridgehead atoms. The Morgan fingerprint density at radius 2 is 2.12 bits per heavy atom. The van der Waals surface area contributed by atoms with Crippen molar-refractivity contribution in [2.75, 3.05) is 0 Å². The fraction of sp³-hybridized carbons (Fsp3) is 0.286. The molecule has 0 aromatic carbocycles. The number of nitrogens with two attached hydrogens (primary N) is 1. The first-order valence-corrected chi connectivity index (χ1v) is 7.64. The van der Waals surface area contributed by atoms with E-state index in [2.05, 4.69) is 20.0 Å². The van der Waals surface area contributed by atoms with Crippen LogP contribution in [0.25, 0.3) is 10.9 Å². The van der Waals surface area contributed by atoms with E-state index in [1.54, 1.807) is 25.3 Å². The summed E-state index contributed by atoms with van der Waals surface area (Å²) in [4.78, 5) is 14.2. The van der Waals surface area contributed by atoms with Gasteiger partial charge < -0.3 is 10.7 Å². The van der Waals surface area contributed by atoms with Gasteiger partial charge in [-0.3, -0.25) is 0 Å². The molecule has 0 saturated heterocycles. The van der Waals surface area contributed by atoms with Crippen LogP contribution in [0.15, 0.2) is 28.3 Å². The zero-order valence-electron chi connectivity index (χ0n) is 12.2. The number of pyridine rings is 1. The van der Waals surface area contributed by atoms with Gasteiger partial charge in [0.25, 0.3) is 0 Å². The van der Waals surface area contributed by atoms with Gasteiger partial charge in [-0.15, -0.1) is 0 Å². The molecule has 0 aliphatic carbocycles. The van der Waals surface area contributed by atoms with Gasteiger partial charge in [0.1, 0.15) is 12.0 Å². The highest BCUT2D eigenvalue weighted by Gasteiger charge is 2.42. The highest BCUT2D eigenvalue weighted by molar-refractivity contribution is 7.82. The maximum Gasteiger partial charge on any atom is 0.434 e. The molecule has 0 fully saturated rings. The lowest BCUT2D eigenvalue weighted by Crippen LogP contribution is -2.44. The fourth-order valence-corrected chi connectivity index (χ4v) is 2.82. The number of fused-ring (bicyclic) bond motifs is 1. The van der Waals surface area contributed by atoms with Gasteiger partial charge >= 0.3 is 6.18 Å². The second-order valence-corrected chi connectivity index (χ2v) is 6.05. The van der Waals surface area contributed by atoms with Gasteiger partial charge in [-0.05, 0) is 19.1 Å². The van der Waals surface area contributed by atoms with E-state index < -0.39 is 28.8 Å². The normalized spacial score (nSPS) is 20.1. The van der Waals surface area contributed by atoms with Gasteiger partial charge in [-0.1, -0.05) is 23.8 Å². The number of amidine groups is 1. The van der Waals surface area contributed by atoms with E-state index in [0.29, 0.717) is 11.2 Å². The molecule has 0 saturated carbocycles. The molecule has 2 atom stereocenters. The summed E-state index contributed by atoms with van der Waals surface area (Å²) < 4.78 is 39.2. The van der Waals surface area contributed by atoms with E-state index in [0.717, 1.165) is 5.39 Å². The third-order valence-electron chi connectivity index (χ3n) is 3.62. The smallest absolute Gasteiger partial charge is 0.359 e. The molecule has 24 heavy (non-hydrogen) atoms. The maximum atomic E-state index is 13.1. The average molecular weight is 374 g/mol. The summed E-state index contributed by atoms with van der Waals surface area (Å²) in [5.41, 5.74) is 5.52. The van der Waals surface area contributed by atoms with Crippen molar-refractivity contribution in [1.29, 1.82) is 0 Å². The van der Waals surface area contributed by atoms with Crippen molar-refractivity contribution in [3.63, 3.8) is 0 Å². The fourth-order valence-electron chi connectivity index (χ4n) is 2.35. The molecule has 1 aliphatic heterocycles. The molecule has 0 amide bonds. The summed E-state index contributed by atoms with van der Waals surface area (Å²) in [5.74, 6) is -0.713. The van der Waals surface area contributed by atoms with Crippen LogP contribution in [0.3, 0.4) is 0 Å². The van der Waals surface area contributed by atoms with E-state index in [9.17, 15) is 13.2 Å². The summed E-state index contributed by atoms with van der Waals surface area (Å²) in [5, 5.41) is 1.00. The van der Waals surface area contributed by atoms with Crippen LogP contribution in [0.1, 0.15) is 18.5 Å². The number of hydrogen-bond acceptors (Lipinski definition) is 5. The standard InChI is InChI=1S/C14H11ClF3N5S/c1-5(7-4-6-2-3-20-8(6)11(15)21-7)13-22-10(14(16,17)18)9(24)12(19)23-13/h2-5,12,20H,19H2,1H3. The Kier molecular flexibility index (Phi) is 4.18. The number of aliphatic imine (C=N–C) groups is 2. The Morgan fingerprint density at radius 3 is 2.79 bits per heavy atom. The summed E-state index contributed by atoms with van der Waals surface area (Å²) >= 11 is 10.8. The molecule has 0 spiro atoms. The van der Waals surface area contributed by atoms with Crippen molar-refractivity contribution < 1.29 is 13.2 Å². The van der Waals surface area contributed by atoms with Crippen molar-refractivity contribution >= 4 is 51.1 Å². The quantitative estimate of drug-likeness (QED) is 0.625. The zero-order valence-corrected chi connectivity index (χ0v) is 13.8. The first-order chi connectivity index (χ1) is 11.2. The van der Waals surface area contributed by atoms with E-state index in [1.807, 2.05) is 0 Å². The predicted molar refractivity (Wildman–Crippen MR) is 91.0 cm³/mol. The molecular formula is C14H11ClF3N5S. The van der Waals surface area contributed by atoms with Crippen molar-refractivity contribution in [3.05, 3.63) is 29.2 Å². The number of rotatable bonds is 2. The maximum absolute atomic E-state index is 13.1. The molecule has 1 aliphatic rings. The van der Waals surface area contributed by atoms with Gasteiger partial charge in [0, 0.05) is 11.6 Å². The van der Waals surface area contributed by atoms with Crippen molar-refractivity contribution in [2.45, 2.75) is 25.2 Å². The number of aromatic amines is 1. The van der Waals surface area contributed by atoms with E-state index in [1.165, 1.54) is 0 Å². The Balaban J connectivity index is 2.04. The summed E-state index contributed by atoms with van der Waals surface area (Å²) in [6, 6.07) is 3.50. The average Bonchev–Trinajstić information content (AvgIpc) is 2.97. The highest BCUT2D eigenvalue weighted by Crippen LogP contribution is 2.28. The Morgan fingerprint density at radius 1 is 1.42 bits per heavy atom. The van der Waals surface area contributed by atoms with Crippen LogP contribution in [0, 0.1) is 0 Å². The highest BCUT2D eigenvalue weighted by atomic mass is 35.5. The summed E-state index contributed by atoms with van der Waals surface area (Å²) in [6.45, 7) is 1.63. The molecule has 5 nitrogen and oxygen atoms in total. The molecule has 3 rings (SSSR count). The Bertz CT molecular complexity index is 886. The first-order valence-electron chi connectivity index (χ1n) is 6.85. The second-order valence-electron chi connectivity index (χ2n) is 5.26. The zero-order chi connectivity index (χ0) is 17.6. The van der Waals surface area contributed by atoms with E-state index in [-0.39, 0.29) is 11.0 Å². The lowest BCUT2D eigenvalue weighted by atomic mass is 10.0. The third-order valence-corrected chi connectivity index (χ3v) is 4.32. The van der Waals surface area contributed by atoms with Crippen molar-refractivity contribution in [3.8, 4) is 0 Å². The van der Waals surface area contributed by atoms with Gasteiger partial charge in [-0.25, -0.2) is 15.0 Å². The molecule has 2 aromatic rings. The Hall–Kier alpha value is -1.84. The SMILES string of the molecule is CC(C1=NC(N)C(=S)C(C(F)(F)F)=N1)c1cc2cc[nH]c2c(Cl)n1. The molecule has 3 N–H and O–H groups in total. The summed E-state index contributed by atoms with van der Waals surface area (Å²) in [7, 11) is 0. The van der Waals surface area contributed by atoms with Crippen LogP contribution in [0.4, 0.5) is 13.2 Å². The summed E-state index contributed by atoms with van der Waals surface area (Å²) in [6.07, 6.45) is -4.26. The molecule has 126 valence electrons.